The number of aromatic nitrogens is 2. The molecule has 94 valence electrons. The van der Waals surface area contributed by atoms with Crippen molar-refractivity contribution in [1.82, 2.24) is 15.1 Å². The molecule has 1 aromatic heterocycles. The molecule has 0 aliphatic carbocycles. The molecule has 0 spiro atoms. The van der Waals surface area contributed by atoms with Crippen LogP contribution in [-0.4, -0.2) is 30.0 Å². The first-order chi connectivity index (χ1) is 8.20. The molecule has 0 saturated carbocycles. The van der Waals surface area contributed by atoms with E-state index in [1.54, 1.807) is 7.11 Å². The monoisotopic (exact) mass is 235 g/mol. The Morgan fingerprint density at radius 1 is 1.47 bits per heavy atom. The van der Waals surface area contributed by atoms with Gasteiger partial charge in [-0.1, -0.05) is 0 Å². The van der Waals surface area contributed by atoms with Crippen LogP contribution >= 0.6 is 0 Å². The number of rotatable bonds is 7. The van der Waals surface area contributed by atoms with Gasteiger partial charge in [-0.25, -0.2) is 0 Å². The molecule has 0 atom stereocenters. The van der Waals surface area contributed by atoms with Gasteiger partial charge in [0.05, 0.1) is 18.8 Å². The smallest absolute Gasteiger partial charge is 0.0641 e. The Balaban J connectivity index is 2.59. The molecule has 1 heterocycles. The van der Waals surface area contributed by atoms with Gasteiger partial charge < -0.3 is 10.1 Å². The number of aryl methyl sites for hydroxylation is 2. The quantitative estimate of drug-likeness (QED) is 0.571. The van der Waals surface area contributed by atoms with E-state index in [1.165, 1.54) is 11.3 Å². The summed E-state index contributed by atoms with van der Waals surface area (Å²) < 4.78 is 6.98. The van der Waals surface area contributed by atoms with E-state index in [2.05, 4.69) is 23.3 Å². The van der Waals surface area contributed by atoms with Gasteiger partial charge in [0, 0.05) is 37.9 Å². The molecule has 0 amide bonds. The first-order valence-corrected chi connectivity index (χ1v) is 5.86. The molecule has 1 rings (SSSR count). The molecule has 0 bridgehead atoms. The van der Waals surface area contributed by atoms with Crippen LogP contribution in [0.4, 0.5) is 0 Å². The predicted molar refractivity (Wildman–Crippen MR) is 68.7 cm³/mol. The standard InChI is InChI=1S/C13H21N3O/c1-5-6-8-16-12(3)13(11(2)15-16)10-14-7-9-17-4/h1,14H,6-10H2,2-4H3. The lowest BCUT2D eigenvalue weighted by molar-refractivity contribution is 0.199. The van der Waals surface area contributed by atoms with Gasteiger partial charge in [-0.2, -0.15) is 5.10 Å². The van der Waals surface area contributed by atoms with Gasteiger partial charge in [-0.3, -0.25) is 4.68 Å². The van der Waals surface area contributed by atoms with Crippen molar-refractivity contribution in [3.8, 4) is 12.3 Å². The highest BCUT2D eigenvalue weighted by Crippen LogP contribution is 2.12. The largest absolute Gasteiger partial charge is 0.383 e. The van der Waals surface area contributed by atoms with Crippen LogP contribution in [0.1, 0.15) is 23.4 Å². The summed E-state index contributed by atoms with van der Waals surface area (Å²) in [7, 11) is 1.70. The zero-order chi connectivity index (χ0) is 12.7. The van der Waals surface area contributed by atoms with Crippen LogP contribution in [0, 0.1) is 26.2 Å². The first kappa shape index (κ1) is 13.8. The van der Waals surface area contributed by atoms with E-state index >= 15 is 0 Å². The summed E-state index contributed by atoms with van der Waals surface area (Å²) in [6, 6.07) is 0. The second-order valence-corrected chi connectivity index (χ2v) is 4.00. The molecule has 0 aromatic carbocycles. The maximum Gasteiger partial charge on any atom is 0.0641 e. The Morgan fingerprint density at radius 2 is 2.24 bits per heavy atom. The Labute approximate surface area is 103 Å². The third-order valence-corrected chi connectivity index (χ3v) is 2.78. The molecule has 0 saturated heterocycles. The third kappa shape index (κ3) is 3.88. The summed E-state index contributed by atoms with van der Waals surface area (Å²) >= 11 is 0. The Kier molecular flexibility index (Phi) is 5.75. The lowest BCUT2D eigenvalue weighted by Crippen LogP contribution is -2.19. The van der Waals surface area contributed by atoms with Gasteiger partial charge in [0.15, 0.2) is 0 Å². The first-order valence-electron chi connectivity index (χ1n) is 5.86. The summed E-state index contributed by atoms with van der Waals surface area (Å²) in [5.74, 6) is 2.64. The second kappa shape index (κ2) is 7.10. The van der Waals surface area contributed by atoms with E-state index in [1.807, 2.05) is 11.6 Å². The highest BCUT2D eigenvalue weighted by molar-refractivity contribution is 5.24. The molecule has 1 aromatic rings. The predicted octanol–water partition coefficient (Wildman–Crippen LogP) is 1.26. The molecule has 4 nitrogen and oxygen atoms in total. The molecule has 0 aliphatic heterocycles. The van der Waals surface area contributed by atoms with Crippen LogP contribution in [-0.2, 0) is 17.8 Å². The van der Waals surface area contributed by atoms with Gasteiger partial charge >= 0.3 is 0 Å². The number of nitrogens with zero attached hydrogens (tertiary/aromatic N) is 2. The maximum absolute atomic E-state index is 5.27. The van der Waals surface area contributed by atoms with E-state index in [0.29, 0.717) is 0 Å². The van der Waals surface area contributed by atoms with Gasteiger partial charge in [-0.15, -0.1) is 12.3 Å². The fourth-order valence-electron chi connectivity index (χ4n) is 1.77. The lowest BCUT2D eigenvalue weighted by Gasteiger charge is -2.05. The fraction of sp³-hybridized carbons (Fsp3) is 0.615. The van der Waals surface area contributed by atoms with Crippen LogP contribution in [0.15, 0.2) is 0 Å². The molecular weight excluding hydrogens is 214 g/mol. The van der Waals surface area contributed by atoms with Crippen molar-refractivity contribution in [3.05, 3.63) is 17.0 Å². The number of hydrogen-bond donors (Lipinski definition) is 1. The summed E-state index contributed by atoms with van der Waals surface area (Å²) in [6.45, 7) is 7.32. The van der Waals surface area contributed by atoms with Crippen molar-refractivity contribution in [2.75, 3.05) is 20.3 Å². The Morgan fingerprint density at radius 3 is 2.88 bits per heavy atom. The van der Waals surface area contributed by atoms with Gasteiger partial charge in [0.1, 0.15) is 0 Å². The van der Waals surface area contributed by atoms with Gasteiger partial charge in [-0.05, 0) is 13.8 Å². The van der Waals surface area contributed by atoms with E-state index in [0.717, 1.165) is 38.4 Å². The second-order valence-electron chi connectivity index (χ2n) is 4.00. The number of nitrogens with one attached hydrogen (secondary N) is 1. The minimum Gasteiger partial charge on any atom is -0.383 e. The Hall–Kier alpha value is -1.31. The highest BCUT2D eigenvalue weighted by Gasteiger charge is 2.10. The van der Waals surface area contributed by atoms with Crippen LogP contribution in [0.2, 0.25) is 0 Å². The minimum absolute atomic E-state index is 0.721. The number of terminal acetylenes is 1. The summed E-state index contributed by atoms with van der Waals surface area (Å²) in [5, 5.41) is 7.83. The molecule has 0 fully saturated rings. The van der Waals surface area contributed by atoms with Gasteiger partial charge in [0.25, 0.3) is 0 Å². The van der Waals surface area contributed by atoms with E-state index in [-0.39, 0.29) is 0 Å². The molecule has 17 heavy (non-hydrogen) atoms. The van der Waals surface area contributed by atoms with Crippen molar-refractivity contribution in [3.63, 3.8) is 0 Å². The van der Waals surface area contributed by atoms with E-state index in [4.69, 9.17) is 11.2 Å². The normalized spacial score (nSPS) is 10.5. The molecule has 0 radical (unpaired) electrons. The minimum atomic E-state index is 0.721. The topological polar surface area (TPSA) is 39.1 Å². The fourth-order valence-corrected chi connectivity index (χ4v) is 1.77. The zero-order valence-electron chi connectivity index (χ0n) is 10.9. The summed E-state index contributed by atoms with van der Waals surface area (Å²) in [5.41, 5.74) is 3.53. The zero-order valence-corrected chi connectivity index (χ0v) is 10.9. The van der Waals surface area contributed by atoms with Crippen molar-refractivity contribution in [2.24, 2.45) is 0 Å². The lowest BCUT2D eigenvalue weighted by atomic mass is 10.2. The van der Waals surface area contributed by atoms with Crippen LogP contribution in [0.5, 0.6) is 0 Å². The molecule has 4 heteroatoms. The van der Waals surface area contributed by atoms with Crippen molar-refractivity contribution in [1.29, 1.82) is 0 Å². The molecule has 1 N–H and O–H groups in total. The average molecular weight is 235 g/mol. The van der Waals surface area contributed by atoms with Crippen molar-refractivity contribution in [2.45, 2.75) is 33.4 Å². The molecule has 0 unspecified atom stereocenters. The number of ether oxygens (including phenoxy) is 1. The van der Waals surface area contributed by atoms with Crippen LogP contribution < -0.4 is 5.32 Å². The van der Waals surface area contributed by atoms with Gasteiger partial charge in [0.2, 0.25) is 0 Å². The summed E-state index contributed by atoms with van der Waals surface area (Å²) in [6.07, 6.45) is 5.99. The number of methoxy groups -OCH3 is 1. The number of hydrogen-bond acceptors (Lipinski definition) is 3. The van der Waals surface area contributed by atoms with E-state index in [9.17, 15) is 0 Å². The molecule has 0 aliphatic rings. The van der Waals surface area contributed by atoms with Crippen molar-refractivity contribution >= 4 is 0 Å². The summed E-state index contributed by atoms with van der Waals surface area (Å²) in [4.78, 5) is 0. The van der Waals surface area contributed by atoms with Crippen LogP contribution in [0.25, 0.3) is 0 Å². The molecular formula is C13H21N3O. The van der Waals surface area contributed by atoms with Crippen LogP contribution in [0.3, 0.4) is 0 Å². The van der Waals surface area contributed by atoms with E-state index < -0.39 is 0 Å². The Bertz CT molecular complexity index is 390. The maximum atomic E-state index is 5.27. The third-order valence-electron chi connectivity index (χ3n) is 2.78. The SMILES string of the molecule is C#CCCn1nc(C)c(CNCCOC)c1C. The average Bonchev–Trinajstić information content (AvgIpc) is 2.58. The van der Waals surface area contributed by atoms with Crippen molar-refractivity contribution < 1.29 is 4.74 Å². The highest BCUT2D eigenvalue weighted by atomic mass is 16.5.